The molecule has 1 saturated heterocycles. The minimum atomic E-state index is -0.0459. The molecule has 0 radical (unpaired) electrons. The van der Waals surface area contributed by atoms with Crippen molar-refractivity contribution < 1.29 is 19.0 Å². The second-order valence-electron chi connectivity index (χ2n) is 6.73. The van der Waals surface area contributed by atoms with Gasteiger partial charge in [-0.2, -0.15) is 0 Å². The van der Waals surface area contributed by atoms with E-state index in [0.29, 0.717) is 35.6 Å². The molecule has 0 aliphatic carbocycles. The molecule has 0 atom stereocenters. The van der Waals surface area contributed by atoms with Gasteiger partial charge in [0.1, 0.15) is 17.2 Å². The van der Waals surface area contributed by atoms with Gasteiger partial charge in [0.05, 0.1) is 30.9 Å². The lowest BCUT2D eigenvalue weighted by atomic mass is 10.1. The first-order valence-corrected chi connectivity index (χ1v) is 11.2. The monoisotopic (exact) mass is 440 g/mol. The van der Waals surface area contributed by atoms with E-state index in [9.17, 15) is 4.79 Å². The molecule has 0 unspecified atom stereocenters. The Hall–Kier alpha value is -2.93. The first-order chi connectivity index (χ1) is 15.1. The molecule has 1 aliphatic rings. The number of carbonyl (C=O) groups excluding carboxylic acids is 1. The topological polar surface area (TPSA) is 60.4 Å². The second-order valence-corrected chi connectivity index (χ2v) is 7.73. The first-order valence-electron chi connectivity index (χ1n) is 10.4. The molecule has 6 nitrogen and oxygen atoms in total. The molecule has 7 heteroatoms. The van der Waals surface area contributed by atoms with Crippen molar-refractivity contribution in [2.75, 3.05) is 26.9 Å². The number of nitrogens with zero attached hydrogens (tertiary/aromatic N) is 2. The Morgan fingerprint density at radius 1 is 1.00 bits per heavy atom. The zero-order valence-electron chi connectivity index (χ0n) is 18.4. The molecular weight excluding hydrogens is 412 g/mol. The van der Waals surface area contributed by atoms with Gasteiger partial charge in [0.2, 0.25) is 0 Å². The van der Waals surface area contributed by atoms with Crippen molar-refractivity contribution >= 4 is 34.6 Å². The normalized spacial score (nSPS) is 16.3. The maximum Gasteiger partial charge on any atom is 0.266 e. The van der Waals surface area contributed by atoms with Gasteiger partial charge < -0.3 is 14.2 Å². The van der Waals surface area contributed by atoms with Crippen molar-refractivity contribution in [2.24, 2.45) is 4.99 Å². The van der Waals surface area contributed by atoms with Crippen LogP contribution in [0.1, 0.15) is 32.8 Å². The highest BCUT2D eigenvalue weighted by atomic mass is 32.2. The van der Waals surface area contributed by atoms with E-state index < -0.39 is 0 Å². The van der Waals surface area contributed by atoms with E-state index in [1.54, 1.807) is 12.0 Å². The maximum atomic E-state index is 13.1. The van der Waals surface area contributed by atoms with Gasteiger partial charge in [-0.3, -0.25) is 9.69 Å². The summed E-state index contributed by atoms with van der Waals surface area (Å²) in [4.78, 5) is 20.2. The van der Waals surface area contributed by atoms with Gasteiger partial charge in [-0.05, 0) is 74.5 Å². The average Bonchev–Trinajstić information content (AvgIpc) is 3.05. The molecule has 2 aromatic carbocycles. The molecule has 1 aliphatic heterocycles. The van der Waals surface area contributed by atoms with Crippen LogP contribution in [0, 0.1) is 0 Å². The molecule has 0 aromatic heterocycles. The zero-order valence-corrected chi connectivity index (χ0v) is 19.2. The number of carbonyl (C=O) groups is 1. The zero-order chi connectivity index (χ0) is 22.2. The summed E-state index contributed by atoms with van der Waals surface area (Å²) < 4.78 is 16.6. The highest BCUT2D eigenvalue weighted by molar-refractivity contribution is 8.18. The number of ether oxygens (including phenoxy) is 3. The predicted molar refractivity (Wildman–Crippen MR) is 126 cm³/mol. The van der Waals surface area contributed by atoms with Crippen molar-refractivity contribution in [1.29, 1.82) is 0 Å². The van der Waals surface area contributed by atoms with Gasteiger partial charge in [0, 0.05) is 18.2 Å². The summed E-state index contributed by atoms with van der Waals surface area (Å²) >= 11 is 1.38. The Bertz CT molecular complexity index is 970. The minimum absolute atomic E-state index is 0.0459. The van der Waals surface area contributed by atoms with Crippen molar-refractivity contribution in [2.45, 2.75) is 27.2 Å². The van der Waals surface area contributed by atoms with Crippen LogP contribution in [0.15, 0.2) is 52.4 Å². The fourth-order valence-corrected chi connectivity index (χ4v) is 4.11. The van der Waals surface area contributed by atoms with Gasteiger partial charge in [0.15, 0.2) is 5.17 Å². The minimum Gasteiger partial charge on any atom is -0.497 e. The largest absolute Gasteiger partial charge is 0.497 e. The standard InChI is InChI=1S/C24H28N2O4S/c1-5-14-26-23(27)22(31-24(26)25-18-9-12-19(28-4)13-10-18)15-17-8-11-20(29-6-2)16-21(17)30-7-3/h8-13,15-16H,5-7,14H2,1-4H3. The summed E-state index contributed by atoms with van der Waals surface area (Å²) in [6.45, 7) is 7.64. The van der Waals surface area contributed by atoms with Crippen LogP contribution in [0.3, 0.4) is 0 Å². The highest BCUT2D eigenvalue weighted by Crippen LogP contribution is 2.36. The maximum absolute atomic E-state index is 13.1. The lowest BCUT2D eigenvalue weighted by Crippen LogP contribution is -2.29. The number of amides is 1. The van der Waals surface area contributed by atoms with Crippen LogP contribution in [0.5, 0.6) is 17.2 Å². The number of hydrogen-bond acceptors (Lipinski definition) is 6. The second kappa shape index (κ2) is 10.9. The number of thioether (sulfide) groups is 1. The molecule has 3 rings (SSSR count). The van der Waals surface area contributed by atoms with Crippen LogP contribution in [0.2, 0.25) is 0 Å². The SMILES string of the molecule is CCCN1C(=O)C(=Cc2ccc(OCC)cc2OCC)SC1=Nc1ccc(OC)cc1. The first kappa shape index (κ1) is 22.7. The molecule has 1 fully saturated rings. The third kappa shape index (κ3) is 5.61. The number of hydrogen-bond donors (Lipinski definition) is 0. The summed E-state index contributed by atoms with van der Waals surface area (Å²) in [5, 5.41) is 0.673. The van der Waals surface area contributed by atoms with Crippen LogP contribution in [-0.2, 0) is 4.79 Å². The number of amidine groups is 1. The molecule has 0 bridgehead atoms. The van der Waals surface area contributed by atoms with Crippen LogP contribution < -0.4 is 14.2 Å². The van der Waals surface area contributed by atoms with Crippen molar-refractivity contribution in [1.82, 2.24) is 4.90 Å². The molecule has 31 heavy (non-hydrogen) atoms. The van der Waals surface area contributed by atoms with Gasteiger partial charge in [-0.25, -0.2) is 4.99 Å². The molecule has 2 aromatic rings. The molecule has 1 heterocycles. The third-order valence-corrected chi connectivity index (χ3v) is 5.52. The average molecular weight is 441 g/mol. The van der Waals surface area contributed by atoms with E-state index in [2.05, 4.69) is 0 Å². The fourth-order valence-electron chi connectivity index (χ4n) is 3.09. The van der Waals surface area contributed by atoms with E-state index in [1.807, 2.05) is 69.3 Å². The van der Waals surface area contributed by atoms with Gasteiger partial charge in [-0.15, -0.1) is 0 Å². The number of methoxy groups -OCH3 is 1. The van der Waals surface area contributed by atoms with E-state index in [-0.39, 0.29) is 5.91 Å². The summed E-state index contributed by atoms with van der Waals surface area (Å²) in [6, 6.07) is 13.1. The fraction of sp³-hybridized carbons (Fsp3) is 0.333. The lowest BCUT2D eigenvalue weighted by Gasteiger charge is -2.14. The van der Waals surface area contributed by atoms with E-state index >= 15 is 0 Å². The quantitative estimate of drug-likeness (QED) is 0.482. The van der Waals surface area contributed by atoms with Gasteiger partial charge in [0.25, 0.3) is 5.91 Å². The molecule has 1 amide bonds. The van der Waals surface area contributed by atoms with Gasteiger partial charge in [-0.1, -0.05) is 6.92 Å². The molecule has 0 saturated carbocycles. The van der Waals surface area contributed by atoms with E-state index in [1.165, 1.54) is 11.8 Å². The Kier molecular flexibility index (Phi) is 8.00. The predicted octanol–water partition coefficient (Wildman–Crippen LogP) is 5.51. The van der Waals surface area contributed by atoms with Crippen LogP contribution in [-0.4, -0.2) is 42.8 Å². The third-order valence-electron chi connectivity index (χ3n) is 4.51. The molecule has 0 N–H and O–H groups in total. The molecule has 164 valence electrons. The lowest BCUT2D eigenvalue weighted by molar-refractivity contribution is -0.122. The number of rotatable bonds is 9. The molecule has 0 spiro atoms. The Balaban J connectivity index is 1.93. The number of aliphatic imine (C=N–C) groups is 1. The smallest absolute Gasteiger partial charge is 0.266 e. The Morgan fingerprint density at radius 3 is 2.35 bits per heavy atom. The summed E-state index contributed by atoms with van der Waals surface area (Å²) in [7, 11) is 1.63. The number of benzene rings is 2. The van der Waals surface area contributed by atoms with Crippen molar-refractivity contribution in [3.05, 3.63) is 52.9 Å². The Morgan fingerprint density at radius 2 is 1.71 bits per heavy atom. The van der Waals surface area contributed by atoms with E-state index in [0.717, 1.165) is 29.2 Å². The van der Waals surface area contributed by atoms with Gasteiger partial charge >= 0.3 is 0 Å². The molecular formula is C24H28N2O4S. The van der Waals surface area contributed by atoms with Crippen molar-refractivity contribution in [3.63, 3.8) is 0 Å². The Labute approximate surface area is 187 Å². The van der Waals surface area contributed by atoms with Crippen LogP contribution >= 0.6 is 11.8 Å². The van der Waals surface area contributed by atoms with E-state index in [4.69, 9.17) is 19.2 Å². The van der Waals surface area contributed by atoms with Crippen LogP contribution in [0.4, 0.5) is 5.69 Å². The highest BCUT2D eigenvalue weighted by Gasteiger charge is 2.33. The van der Waals surface area contributed by atoms with Crippen molar-refractivity contribution in [3.8, 4) is 17.2 Å². The summed E-state index contributed by atoms with van der Waals surface area (Å²) in [5.74, 6) is 2.16. The van der Waals surface area contributed by atoms with Crippen LogP contribution in [0.25, 0.3) is 6.08 Å². The summed E-state index contributed by atoms with van der Waals surface area (Å²) in [5.41, 5.74) is 1.61. The summed E-state index contributed by atoms with van der Waals surface area (Å²) in [6.07, 6.45) is 2.71.